The second kappa shape index (κ2) is 8.01. The summed E-state index contributed by atoms with van der Waals surface area (Å²) in [5.74, 6) is -0.0806. The van der Waals surface area contributed by atoms with Gasteiger partial charge in [-0.1, -0.05) is 43.3 Å². The molecule has 2 aromatic carbocycles. The molecule has 1 atom stereocenters. The largest absolute Gasteiger partial charge is 0.351 e. The normalized spacial score (nSPS) is 16.3. The molecule has 0 unspecified atom stereocenters. The van der Waals surface area contributed by atoms with Crippen molar-refractivity contribution in [2.75, 3.05) is 19.6 Å². The van der Waals surface area contributed by atoms with Gasteiger partial charge in [-0.3, -0.25) is 4.79 Å². The third-order valence-electron chi connectivity index (χ3n) is 4.74. The summed E-state index contributed by atoms with van der Waals surface area (Å²) in [4.78, 5) is 12.6. The van der Waals surface area contributed by atoms with Crippen LogP contribution in [0.3, 0.4) is 0 Å². The van der Waals surface area contributed by atoms with Gasteiger partial charge in [-0.15, -0.1) is 0 Å². The summed E-state index contributed by atoms with van der Waals surface area (Å²) in [7, 11) is -3.52. The van der Waals surface area contributed by atoms with Gasteiger partial charge in [0, 0.05) is 25.2 Å². The molecule has 0 aliphatic carbocycles. The molecule has 1 fully saturated rings. The Balaban J connectivity index is 1.68. The predicted octanol–water partition coefficient (Wildman–Crippen LogP) is 3.00. The first-order valence-electron chi connectivity index (χ1n) is 8.92. The topological polar surface area (TPSA) is 66.5 Å². The van der Waals surface area contributed by atoms with Gasteiger partial charge in [-0.25, -0.2) is 8.42 Å². The molecule has 5 nitrogen and oxygen atoms in total. The van der Waals surface area contributed by atoms with Crippen molar-refractivity contribution in [2.45, 2.75) is 30.6 Å². The fraction of sp³-hybridized carbons (Fsp3) is 0.350. The van der Waals surface area contributed by atoms with Crippen LogP contribution < -0.4 is 5.32 Å². The zero-order valence-corrected chi connectivity index (χ0v) is 15.7. The quantitative estimate of drug-likeness (QED) is 0.848. The first kappa shape index (κ1) is 18.6. The van der Waals surface area contributed by atoms with Gasteiger partial charge in [0.25, 0.3) is 5.91 Å². The van der Waals surface area contributed by atoms with Gasteiger partial charge < -0.3 is 5.32 Å². The maximum Gasteiger partial charge on any atom is 0.251 e. The monoisotopic (exact) mass is 372 g/mol. The van der Waals surface area contributed by atoms with Crippen LogP contribution in [0.2, 0.25) is 0 Å². The fourth-order valence-corrected chi connectivity index (χ4v) is 4.69. The third-order valence-corrected chi connectivity index (χ3v) is 6.63. The van der Waals surface area contributed by atoms with Crippen LogP contribution in [0.25, 0.3) is 0 Å². The van der Waals surface area contributed by atoms with Crippen molar-refractivity contribution in [2.24, 2.45) is 0 Å². The number of nitrogens with one attached hydrogen (secondary N) is 1. The van der Waals surface area contributed by atoms with Gasteiger partial charge in [0.15, 0.2) is 0 Å². The molecule has 0 bridgehead atoms. The molecule has 138 valence electrons. The molecule has 1 aliphatic rings. The summed E-state index contributed by atoms with van der Waals surface area (Å²) in [6.45, 7) is 3.64. The Morgan fingerprint density at radius 2 is 1.77 bits per heavy atom. The van der Waals surface area contributed by atoms with Crippen LogP contribution in [0.1, 0.15) is 41.6 Å². The van der Waals surface area contributed by atoms with E-state index in [-0.39, 0.29) is 16.7 Å². The Hall–Kier alpha value is -2.18. The summed E-state index contributed by atoms with van der Waals surface area (Å²) in [5, 5.41) is 2.90. The van der Waals surface area contributed by atoms with E-state index < -0.39 is 10.0 Å². The highest BCUT2D eigenvalue weighted by Crippen LogP contribution is 2.21. The van der Waals surface area contributed by atoms with Crippen LogP contribution in [0.5, 0.6) is 0 Å². The molecule has 0 saturated carbocycles. The smallest absolute Gasteiger partial charge is 0.251 e. The average molecular weight is 372 g/mol. The summed E-state index contributed by atoms with van der Waals surface area (Å²) in [5.41, 5.74) is 1.52. The molecule has 1 amide bonds. The molecule has 1 heterocycles. The van der Waals surface area contributed by atoms with Crippen molar-refractivity contribution in [3.05, 3.63) is 65.7 Å². The van der Waals surface area contributed by atoms with E-state index in [9.17, 15) is 13.2 Å². The summed E-state index contributed by atoms with van der Waals surface area (Å²) in [6.07, 6.45) is 1.77. The number of benzene rings is 2. The van der Waals surface area contributed by atoms with Gasteiger partial charge in [-0.05, 0) is 42.5 Å². The van der Waals surface area contributed by atoms with E-state index in [1.807, 2.05) is 37.3 Å². The first-order valence-corrected chi connectivity index (χ1v) is 10.4. The Morgan fingerprint density at radius 3 is 2.46 bits per heavy atom. The molecule has 1 aliphatic heterocycles. The molecule has 0 radical (unpaired) electrons. The fourth-order valence-electron chi connectivity index (χ4n) is 3.12. The molecule has 1 saturated heterocycles. The molecule has 0 aromatic heterocycles. The average Bonchev–Trinajstić information content (AvgIpc) is 3.22. The van der Waals surface area contributed by atoms with E-state index in [2.05, 4.69) is 5.32 Å². The second-order valence-electron chi connectivity index (χ2n) is 6.66. The Kier molecular flexibility index (Phi) is 5.74. The van der Waals surface area contributed by atoms with E-state index in [0.717, 1.165) is 18.4 Å². The van der Waals surface area contributed by atoms with E-state index in [1.54, 1.807) is 18.2 Å². The molecule has 3 rings (SSSR count). The number of nitrogens with zero attached hydrogens (tertiary/aromatic N) is 1. The minimum Gasteiger partial charge on any atom is -0.351 e. The minimum atomic E-state index is -3.52. The van der Waals surface area contributed by atoms with Gasteiger partial charge in [0.05, 0.1) is 4.90 Å². The minimum absolute atomic E-state index is 0.177. The number of carbonyl (C=O) groups excluding carboxylic acids is 1. The van der Waals surface area contributed by atoms with Crippen molar-refractivity contribution in [1.82, 2.24) is 9.62 Å². The van der Waals surface area contributed by atoms with E-state index in [1.165, 1.54) is 10.4 Å². The van der Waals surface area contributed by atoms with Gasteiger partial charge >= 0.3 is 0 Å². The van der Waals surface area contributed by atoms with Crippen LogP contribution in [0.15, 0.2) is 59.5 Å². The highest BCUT2D eigenvalue weighted by molar-refractivity contribution is 7.89. The van der Waals surface area contributed by atoms with Crippen molar-refractivity contribution < 1.29 is 13.2 Å². The highest BCUT2D eigenvalue weighted by Gasteiger charge is 2.27. The molecular weight excluding hydrogens is 348 g/mol. The van der Waals surface area contributed by atoms with Crippen LogP contribution in [0.4, 0.5) is 0 Å². The maximum atomic E-state index is 12.7. The standard InChI is InChI=1S/C20H24N2O3S/c1-16(17-8-3-2-4-9-17)15-21-20(23)18-10-7-11-19(14-18)26(24,25)22-12-5-6-13-22/h2-4,7-11,14,16H,5-6,12-13,15H2,1H3,(H,21,23)/t16-/m0/s1. The van der Waals surface area contributed by atoms with Gasteiger partial charge in [-0.2, -0.15) is 4.31 Å². The number of sulfonamides is 1. The molecule has 26 heavy (non-hydrogen) atoms. The number of amides is 1. The van der Waals surface area contributed by atoms with Crippen LogP contribution in [0, 0.1) is 0 Å². The van der Waals surface area contributed by atoms with E-state index in [4.69, 9.17) is 0 Å². The lowest BCUT2D eigenvalue weighted by atomic mass is 10.0. The van der Waals surface area contributed by atoms with E-state index in [0.29, 0.717) is 25.2 Å². The molecular formula is C20H24N2O3S. The van der Waals surface area contributed by atoms with Crippen molar-refractivity contribution in [1.29, 1.82) is 0 Å². The maximum absolute atomic E-state index is 12.7. The first-order chi connectivity index (χ1) is 12.5. The number of carbonyl (C=O) groups is 1. The summed E-state index contributed by atoms with van der Waals surface area (Å²) >= 11 is 0. The Bertz CT molecular complexity index is 860. The van der Waals surface area contributed by atoms with Gasteiger partial charge in [0.2, 0.25) is 10.0 Å². The number of hydrogen-bond donors (Lipinski definition) is 1. The molecule has 1 N–H and O–H groups in total. The predicted molar refractivity (Wildman–Crippen MR) is 102 cm³/mol. The zero-order chi connectivity index (χ0) is 18.6. The summed E-state index contributed by atoms with van der Waals surface area (Å²) in [6, 6.07) is 16.2. The zero-order valence-electron chi connectivity index (χ0n) is 14.9. The Morgan fingerprint density at radius 1 is 1.08 bits per heavy atom. The Labute approximate surface area is 155 Å². The summed E-state index contributed by atoms with van der Waals surface area (Å²) < 4.78 is 26.8. The molecule has 0 spiro atoms. The number of hydrogen-bond acceptors (Lipinski definition) is 3. The van der Waals surface area contributed by atoms with Crippen LogP contribution >= 0.6 is 0 Å². The second-order valence-corrected chi connectivity index (χ2v) is 8.60. The van der Waals surface area contributed by atoms with Crippen molar-refractivity contribution in [3.8, 4) is 0 Å². The lowest BCUT2D eigenvalue weighted by Crippen LogP contribution is -2.29. The third kappa shape index (κ3) is 4.14. The lowest BCUT2D eigenvalue weighted by Gasteiger charge is -2.16. The van der Waals surface area contributed by atoms with Crippen LogP contribution in [-0.4, -0.2) is 38.3 Å². The number of rotatable bonds is 6. The SMILES string of the molecule is C[C@@H](CNC(=O)c1cccc(S(=O)(=O)N2CCCC2)c1)c1ccccc1. The van der Waals surface area contributed by atoms with Gasteiger partial charge in [0.1, 0.15) is 0 Å². The molecule has 6 heteroatoms. The van der Waals surface area contributed by atoms with E-state index >= 15 is 0 Å². The lowest BCUT2D eigenvalue weighted by molar-refractivity contribution is 0.0951. The van der Waals surface area contributed by atoms with Crippen molar-refractivity contribution >= 4 is 15.9 Å². The van der Waals surface area contributed by atoms with Crippen LogP contribution in [-0.2, 0) is 10.0 Å². The molecule has 2 aromatic rings. The van der Waals surface area contributed by atoms with Crippen molar-refractivity contribution in [3.63, 3.8) is 0 Å². The highest BCUT2D eigenvalue weighted by atomic mass is 32.2.